The summed E-state index contributed by atoms with van der Waals surface area (Å²) in [7, 11) is 0. The van der Waals surface area contributed by atoms with Crippen LogP contribution < -0.4 is 9.64 Å². The number of anilines is 1. The van der Waals surface area contributed by atoms with Gasteiger partial charge in [-0.15, -0.1) is 0 Å². The van der Waals surface area contributed by atoms with Crippen LogP contribution in [0.25, 0.3) is 0 Å². The monoisotopic (exact) mass is 331 g/mol. The van der Waals surface area contributed by atoms with Crippen molar-refractivity contribution in [2.75, 3.05) is 18.1 Å². The molecule has 0 saturated heterocycles. The van der Waals surface area contributed by atoms with Gasteiger partial charge in [0.15, 0.2) is 0 Å². The lowest BCUT2D eigenvalue weighted by molar-refractivity contribution is 0.0976. The summed E-state index contributed by atoms with van der Waals surface area (Å²) in [5.74, 6) is 0.770. The van der Waals surface area contributed by atoms with Gasteiger partial charge >= 0.3 is 0 Å². The van der Waals surface area contributed by atoms with E-state index in [1.807, 2.05) is 49.4 Å². The van der Waals surface area contributed by atoms with Crippen LogP contribution in [-0.2, 0) is 0 Å². The molecule has 1 amide bonds. The first kappa shape index (κ1) is 13.2. The van der Waals surface area contributed by atoms with E-state index in [4.69, 9.17) is 4.74 Å². The number of aryl methyl sites for hydroxylation is 1. The quantitative estimate of drug-likeness (QED) is 0.795. The molecule has 1 heterocycles. The highest BCUT2D eigenvalue weighted by atomic mass is 79.9. The molecule has 2 aromatic carbocycles. The van der Waals surface area contributed by atoms with Gasteiger partial charge in [0.25, 0.3) is 5.91 Å². The van der Waals surface area contributed by atoms with Gasteiger partial charge in [0.2, 0.25) is 0 Å². The molecule has 0 radical (unpaired) electrons. The molecule has 0 saturated carbocycles. The first-order chi connectivity index (χ1) is 9.66. The topological polar surface area (TPSA) is 29.5 Å². The molecule has 0 atom stereocenters. The van der Waals surface area contributed by atoms with E-state index in [9.17, 15) is 4.79 Å². The summed E-state index contributed by atoms with van der Waals surface area (Å²) in [6.45, 7) is 3.04. The van der Waals surface area contributed by atoms with Crippen molar-refractivity contribution in [2.45, 2.75) is 6.92 Å². The average molecular weight is 332 g/mol. The van der Waals surface area contributed by atoms with Crippen molar-refractivity contribution in [3.05, 3.63) is 58.1 Å². The number of benzene rings is 2. The van der Waals surface area contributed by atoms with Gasteiger partial charge in [0.1, 0.15) is 12.4 Å². The lowest BCUT2D eigenvalue weighted by Crippen LogP contribution is -2.38. The van der Waals surface area contributed by atoms with E-state index < -0.39 is 0 Å². The van der Waals surface area contributed by atoms with Gasteiger partial charge in [-0.2, -0.15) is 0 Å². The maximum atomic E-state index is 12.7. The minimum absolute atomic E-state index is 0.0192. The van der Waals surface area contributed by atoms with Crippen LogP contribution in [0.4, 0.5) is 5.69 Å². The highest BCUT2D eigenvalue weighted by Crippen LogP contribution is 2.35. The van der Waals surface area contributed by atoms with Crippen LogP contribution >= 0.6 is 15.9 Å². The minimum Gasteiger partial charge on any atom is -0.490 e. The number of rotatable bonds is 1. The SMILES string of the molecule is Cc1ccccc1C(=O)N1CCOc2ccc(Br)cc21. The number of fused-ring (bicyclic) bond motifs is 1. The Morgan fingerprint density at radius 1 is 1.25 bits per heavy atom. The molecule has 0 N–H and O–H groups in total. The zero-order valence-corrected chi connectivity index (χ0v) is 12.7. The lowest BCUT2D eigenvalue weighted by Gasteiger charge is -2.30. The average Bonchev–Trinajstić information content (AvgIpc) is 2.46. The molecule has 2 aromatic rings. The number of amides is 1. The Balaban J connectivity index is 2.03. The molecule has 1 aliphatic rings. The highest BCUT2D eigenvalue weighted by Gasteiger charge is 2.25. The van der Waals surface area contributed by atoms with Gasteiger partial charge < -0.3 is 9.64 Å². The number of carbonyl (C=O) groups excluding carboxylic acids is 1. The molecule has 0 aromatic heterocycles. The number of halogens is 1. The maximum Gasteiger partial charge on any atom is 0.258 e. The van der Waals surface area contributed by atoms with Crippen molar-refractivity contribution in [3.63, 3.8) is 0 Å². The molecule has 0 fully saturated rings. The molecule has 3 rings (SSSR count). The third kappa shape index (κ3) is 2.31. The molecule has 0 aliphatic carbocycles. The van der Waals surface area contributed by atoms with Gasteiger partial charge in [0.05, 0.1) is 12.2 Å². The van der Waals surface area contributed by atoms with Crippen LogP contribution in [0.5, 0.6) is 5.75 Å². The zero-order chi connectivity index (χ0) is 14.1. The molecular weight excluding hydrogens is 318 g/mol. The standard InChI is InChI=1S/C16H14BrNO2/c1-11-4-2-3-5-13(11)16(19)18-8-9-20-15-7-6-12(17)10-14(15)18/h2-7,10H,8-9H2,1H3. The molecule has 0 unspecified atom stereocenters. The summed E-state index contributed by atoms with van der Waals surface area (Å²) in [6, 6.07) is 13.4. The van der Waals surface area contributed by atoms with E-state index >= 15 is 0 Å². The van der Waals surface area contributed by atoms with Crippen LogP contribution in [0.3, 0.4) is 0 Å². The largest absolute Gasteiger partial charge is 0.490 e. The van der Waals surface area contributed by atoms with Crippen molar-refractivity contribution in [3.8, 4) is 5.75 Å². The first-order valence-corrected chi connectivity index (χ1v) is 7.26. The van der Waals surface area contributed by atoms with Crippen molar-refractivity contribution >= 4 is 27.5 Å². The lowest BCUT2D eigenvalue weighted by atomic mass is 10.1. The van der Waals surface area contributed by atoms with Crippen molar-refractivity contribution in [2.24, 2.45) is 0 Å². The fourth-order valence-corrected chi connectivity index (χ4v) is 2.71. The highest BCUT2D eigenvalue weighted by molar-refractivity contribution is 9.10. The molecule has 0 spiro atoms. The van der Waals surface area contributed by atoms with E-state index in [-0.39, 0.29) is 5.91 Å². The van der Waals surface area contributed by atoms with Crippen molar-refractivity contribution in [1.82, 2.24) is 0 Å². The van der Waals surface area contributed by atoms with Gasteiger partial charge in [-0.05, 0) is 36.8 Å². The maximum absolute atomic E-state index is 12.7. The van der Waals surface area contributed by atoms with Crippen LogP contribution in [0.15, 0.2) is 46.9 Å². The summed E-state index contributed by atoms with van der Waals surface area (Å²) in [5.41, 5.74) is 2.54. The van der Waals surface area contributed by atoms with E-state index in [2.05, 4.69) is 15.9 Å². The van der Waals surface area contributed by atoms with Crippen molar-refractivity contribution in [1.29, 1.82) is 0 Å². The molecule has 1 aliphatic heterocycles. The zero-order valence-electron chi connectivity index (χ0n) is 11.1. The Kier molecular flexibility index (Phi) is 3.49. The fourth-order valence-electron chi connectivity index (χ4n) is 2.36. The predicted molar refractivity (Wildman–Crippen MR) is 82.5 cm³/mol. The number of nitrogens with zero attached hydrogens (tertiary/aromatic N) is 1. The number of hydrogen-bond acceptors (Lipinski definition) is 2. The Bertz CT molecular complexity index is 669. The van der Waals surface area contributed by atoms with Crippen LogP contribution in [0.2, 0.25) is 0 Å². The van der Waals surface area contributed by atoms with Crippen LogP contribution in [0.1, 0.15) is 15.9 Å². The Morgan fingerprint density at radius 2 is 2.05 bits per heavy atom. The summed E-state index contributed by atoms with van der Waals surface area (Å²) >= 11 is 3.44. The normalized spacial score (nSPS) is 13.6. The molecule has 3 nitrogen and oxygen atoms in total. The number of ether oxygens (including phenoxy) is 1. The Labute approximate surface area is 126 Å². The molecule has 0 bridgehead atoms. The van der Waals surface area contributed by atoms with Gasteiger partial charge in [0, 0.05) is 10.0 Å². The predicted octanol–water partition coefficient (Wildman–Crippen LogP) is 3.80. The Hall–Kier alpha value is -1.81. The molecular formula is C16H14BrNO2. The van der Waals surface area contributed by atoms with E-state index in [0.717, 1.165) is 27.0 Å². The van der Waals surface area contributed by atoms with Gasteiger partial charge in [-0.1, -0.05) is 34.1 Å². The van der Waals surface area contributed by atoms with Gasteiger partial charge in [-0.3, -0.25) is 4.79 Å². The minimum atomic E-state index is 0.0192. The summed E-state index contributed by atoms with van der Waals surface area (Å²) in [4.78, 5) is 14.5. The van der Waals surface area contributed by atoms with Gasteiger partial charge in [-0.25, -0.2) is 0 Å². The van der Waals surface area contributed by atoms with Crippen molar-refractivity contribution < 1.29 is 9.53 Å². The molecule has 102 valence electrons. The van der Waals surface area contributed by atoms with E-state index in [1.165, 1.54) is 0 Å². The number of hydrogen-bond donors (Lipinski definition) is 0. The third-order valence-electron chi connectivity index (χ3n) is 3.40. The van der Waals surface area contributed by atoms with E-state index in [0.29, 0.717) is 13.2 Å². The second kappa shape index (κ2) is 5.29. The first-order valence-electron chi connectivity index (χ1n) is 6.46. The number of carbonyl (C=O) groups is 1. The molecule has 20 heavy (non-hydrogen) atoms. The second-order valence-corrected chi connectivity index (χ2v) is 5.65. The summed E-state index contributed by atoms with van der Waals surface area (Å²) in [5, 5.41) is 0. The van der Waals surface area contributed by atoms with E-state index in [1.54, 1.807) is 4.90 Å². The smallest absolute Gasteiger partial charge is 0.258 e. The summed E-state index contributed by atoms with van der Waals surface area (Å²) in [6.07, 6.45) is 0. The third-order valence-corrected chi connectivity index (χ3v) is 3.90. The summed E-state index contributed by atoms with van der Waals surface area (Å²) < 4.78 is 6.54. The second-order valence-electron chi connectivity index (χ2n) is 4.73. The van der Waals surface area contributed by atoms with Crippen LogP contribution in [0, 0.1) is 6.92 Å². The Morgan fingerprint density at radius 3 is 2.85 bits per heavy atom. The fraction of sp³-hybridized carbons (Fsp3) is 0.188. The molecule has 4 heteroatoms. The van der Waals surface area contributed by atoms with Crippen LogP contribution in [-0.4, -0.2) is 19.1 Å².